The van der Waals surface area contributed by atoms with Crippen LogP contribution in [0.5, 0.6) is 0 Å². The van der Waals surface area contributed by atoms with Crippen LogP contribution in [0.15, 0.2) is 0 Å². The number of methoxy groups -OCH3 is 1. The molecule has 0 aliphatic rings. The van der Waals surface area contributed by atoms with Gasteiger partial charge in [-0.15, -0.1) is 0 Å². The molecule has 0 aromatic rings. The van der Waals surface area contributed by atoms with E-state index in [0.717, 1.165) is 6.42 Å². The molecule has 23 heavy (non-hydrogen) atoms. The lowest BCUT2D eigenvalue weighted by molar-refractivity contribution is -0.126. The summed E-state index contributed by atoms with van der Waals surface area (Å²) in [4.78, 5) is 25.9. The molecule has 2 amide bonds. The van der Waals surface area contributed by atoms with Gasteiger partial charge in [0.2, 0.25) is 5.91 Å². The van der Waals surface area contributed by atoms with E-state index >= 15 is 0 Å². The maximum Gasteiger partial charge on any atom is 0.410 e. The quantitative estimate of drug-likeness (QED) is 0.617. The van der Waals surface area contributed by atoms with Crippen LogP contribution in [0.4, 0.5) is 4.79 Å². The van der Waals surface area contributed by atoms with Crippen molar-refractivity contribution in [1.29, 1.82) is 0 Å². The molecular weight excluding hydrogens is 300 g/mol. The van der Waals surface area contributed by atoms with Gasteiger partial charge >= 0.3 is 6.09 Å². The van der Waals surface area contributed by atoms with Crippen LogP contribution in [0.25, 0.3) is 0 Å². The summed E-state index contributed by atoms with van der Waals surface area (Å²) in [5, 5.41) is 2.76. The fourth-order valence-corrected chi connectivity index (χ4v) is 1.78. The minimum absolute atomic E-state index is 0.223. The standard InChI is InChI=1S/C16H32N2O5/c1-7-9-18(15(20)23-16(3,4)5)13(2)14(19)17-8-10-22-12-11-21-6/h13H,7-12H2,1-6H3,(H,17,19)/t13-/m1/s1. The third kappa shape index (κ3) is 10.1. The van der Waals surface area contributed by atoms with Gasteiger partial charge in [-0.1, -0.05) is 6.92 Å². The van der Waals surface area contributed by atoms with Crippen LogP contribution >= 0.6 is 0 Å². The van der Waals surface area contributed by atoms with Crippen molar-refractivity contribution < 1.29 is 23.8 Å². The Kier molecular flexibility index (Phi) is 10.6. The van der Waals surface area contributed by atoms with Crippen molar-refractivity contribution in [3.63, 3.8) is 0 Å². The van der Waals surface area contributed by atoms with Gasteiger partial charge in [-0.25, -0.2) is 4.79 Å². The molecule has 1 N–H and O–H groups in total. The summed E-state index contributed by atoms with van der Waals surface area (Å²) < 4.78 is 15.5. The van der Waals surface area contributed by atoms with Gasteiger partial charge in [0.05, 0.1) is 19.8 Å². The van der Waals surface area contributed by atoms with Crippen LogP contribution in [0.2, 0.25) is 0 Å². The number of nitrogens with zero attached hydrogens (tertiary/aromatic N) is 1. The second kappa shape index (κ2) is 11.2. The van der Waals surface area contributed by atoms with E-state index in [1.165, 1.54) is 4.90 Å². The van der Waals surface area contributed by atoms with E-state index in [9.17, 15) is 9.59 Å². The highest BCUT2D eigenvalue weighted by atomic mass is 16.6. The molecule has 0 fully saturated rings. The van der Waals surface area contributed by atoms with E-state index in [1.54, 1.807) is 34.8 Å². The van der Waals surface area contributed by atoms with Crippen molar-refractivity contribution in [2.24, 2.45) is 0 Å². The van der Waals surface area contributed by atoms with Crippen molar-refractivity contribution in [3.8, 4) is 0 Å². The topological polar surface area (TPSA) is 77.1 Å². The van der Waals surface area contributed by atoms with Crippen LogP contribution < -0.4 is 5.32 Å². The zero-order valence-corrected chi connectivity index (χ0v) is 15.3. The van der Waals surface area contributed by atoms with E-state index < -0.39 is 17.7 Å². The Bertz CT molecular complexity index is 355. The molecule has 0 radical (unpaired) electrons. The summed E-state index contributed by atoms with van der Waals surface area (Å²) in [5.41, 5.74) is -0.589. The molecule has 0 spiro atoms. The highest BCUT2D eigenvalue weighted by Gasteiger charge is 2.29. The fraction of sp³-hybridized carbons (Fsp3) is 0.875. The molecule has 1 atom stereocenters. The van der Waals surface area contributed by atoms with Crippen molar-refractivity contribution in [1.82, 2.24) is 10.2 Å². The Balaban J connectivity index is 4.38. The zero-order valence-electron chi connectivity index (χ0n) is 15.3. The summed E-state index contributed by atoms with van der Waals surface area (Å²) in [6.45, 7) is 11.3. The van der Waals surface area contributed by atoms with E-state index in [0.29, 0.717) is 32.9 Å². The molecule has 136 valence electrons. The smallest absolute Gasteiger partial charge is 0.410 e. The molecule has 0 aromatic carbocycles. The van der Waals surface area contributed by atoms with Gasteiger partial charge in [-0.05, 0) is 34.1 Å². The van der Waals surface area contributed by atoms with Crippen molar-refractivity contribution >= 4 is 12.0 Å². The lowest BCUT2D eigenvalue weighted by atomic mass is 10.2. The first kappa shape index (κ1) is 21.7. The number of hydrogen-bond donors (Lipinski definition) is 1. The maximum absolute atomic E-state index is 12.2. The number of carbonyl (C=O) groups excluding carboxylic acids is 2. The summed E-state index contributed by atoms with van der Waals surface area (Å²) in [6.07, 6.45) is 0.273. The van der Waals surface area contributed by atoms with Crippen LogP contribution in [0.3, 0.4) is 0 Å². The van der Waals surface area contributed by atoms with Crippen LogP contribution in [-0.4, -0.2) is 68.6 Å². The minimum atomic E-state index is -0.594. The van der Waals surface area contributed by atoms with Gasteiger partial charge < -0.3 is 19.5 Å². The number of amides is 2. The second-order valence-corrected chi connectivity index (χ2v) is 6.25. The predicted molar refractivity (Wildman–Crippen MR) is 88.4 cm³/mol. The summed E-state index contributed by atoms with van der Waals surface area (Å²) in [5.74, 6) is -0.223. The molecule has 7 nitrogen and oxygen atoms in total. The lowest BCUT2D eigenvalue weighted by Crippen LogP contribution is -2.50. The first-order valence-corrected chi connectivity index (χ1v) is 8.07. The van der Waals surface area contributed by atoms with Crippen LogP contribution in [-0.2, 0) is 19.0 Å². The Hall–Kier alpha value is -1.34. The molecule has 0 aromatic heterocycles. The summed E-state index contributed by atoms with van der Waals surface area (Å²) in [6, 6.07) is -0.594. The summed E-state index contributed by atoms with van der Waals surface area (Å²) in [7, 11) is 1.60. The highest BCUT2D eigenvalue weighted by molar-refractivity contribution is 5.85. The molecular formula is C16H32N2O5. The van der Waals surface area contributed by atoms with Gasteiger partial charge in [0.25, 0.3) is 0 Å². The molecule has 0 rings (SSSR count). The molecule has 0 aliphatic heterocycles. The monoisotopic (exact) mass is 332 g/mol. The second-order valence-electron chi connectivity index (χ2n) is 6.25. The minimum Gasteiger partial charge on any atom is -0.444 e. The van der Waals surface area contributed by atoms with Crippen molar-refractivity contribution in [2.45, 2.75) is 52.7 Å². The number of hydrogen-bond acceptors (Lipinski definition) is 5. The van der Waals surface area contributed by atoms with Crippen LogP contribution in [0, 0.1) is 0 Å². The van der Waals surface area contributed by atoms with Gasteiger partial charge in [0, 0.05) is 20.2 Å². The molecule has 0 aliphatic carbocycles. The maximum atomic E-state index is 12.2. The predicted octanol–water partition coefficient (Wildman–Crippen LogP) is 1.80. The van der Waals surface area contributed by atoms with Crippen LogP contribution in [0.1, 0.15) is 41.0 Å². The van der Waals surface area contributed by atoms with Gasteiger partial charge in [-0.2, -0.15) is 0 Å². The van der Waals surface area contributed by atoms with Gasteiger partial charge in [0.15, 0.2) is 0 Å². The number of ether oxygens (including phenoxy) is 3. The zero-order chi connectivity index (χ0) is 17.9. The average molecular weight is 332 g/mol. The normalized spacial score (nSPS) is 12.6. The fourth-order valence-electron chi connectivity index (χ4n) is 1.78. The first-order chi connectivity index (χ1) is 10.7. The Morgan fingerprint density at radius 3 is 2.35 bits per heavy atom. The molecule has 0 unspecified atom stereocenters. The van der Waals surface area contributed by atoms with E-state index in [2.05, 4.69) is 5.32 Å². The Morgan fingerprint density at radius 1 is 1.17 bits per heavy atom. The van der Waals surface area contributed by atoms with E-state index in [-0.39, 0.29) is 5.91 Å². The number of rotatable bonds is 10. The highest BCUT2D eigenvalue weighted by Crippen LogP contribution is 2.12. The third-order valence-corrected chi connectivity index (χ3v) is 2.92. The van der Waals surface area contributed by atoms with E-state index in [1.807, 2.05) is 6.92 Å². The van der Waals surface area contributed by atoms with Crippen molar-refractivity contribution in [3.05, 3.63) is 0 Å². The average Bonchev–Trinajstić information content (AvgIpc) is 2.45. The largest absolute Gasteiger partial charge is 0.444 e. The first-order valence-electron chi connectivity index (χ1n) is 8.07. The molecule has 0 saturated heterocycles. The summed E-state index contributed by atoms with van der Waals surface area (Å²) >= 11 is 0. The van der Waals surface area contributed by atoms with E-state index in [4.69, 9.17) is 14.2 Å². The molecule has 7 heteroatoms. The third-order valence-electron chi connectivity index (χ3n) is 2.92. The molecule has 0 bridgehead atoms. The SMILES string of the molecule is CCCN(C(=O)OC(C)(C)C)[C@H](C)C(=O)NCCOCCOC. The number of carbonyl (C=O) groups is 2. The number of nitrogens with one attached hydrogen (secondary N) is 1. The Morgan fingerprint density at radius 2 is 1.83 bits per heavy atom. The molecule has 0 saturated carbocycles. The van der Waals surface area contributed by atoms with Gasteiger partial charge in [0.1, 0.15) is 11.6 Å². The van der Waals surface area contributed by atoms with Gasteiger partial charge in [-0.3, -0.25) is 9.69 Å². The van der Waals surface area contributed by atoms with Crippen molar-refractivity contribution in [2.75, 3.05) is 40.0 Å². The Labute approximate surface area is 139 Å². The molecule has 0 heterocycles. The lowest BCUT2D eigenvalue weighted by Gasteiger charge is -2.30.